The molecule has 0 aromatic carbocycles. The van der Waals surface area contributed by atoms with E-state index in [0.717, 1.165) is 17.7 Å². The van der Waals surface area contributed by atoms with Crippen LogP contribution in [0.15, 0.2) is 83.7 Å². The number of rotatable bonds is 8. The molecule has 134 valence electrons. The Morgan fingerprint density at radius 3 is 2.04 bits per heavy atom. The first-order chi connectivity index (χ1) is 11.5. The molecule has 0 rings (SSSR count). The van der Waals surface area contributed by atoms with Gasteiger partial charge < -0.3 is 5.73 Å². The third-order valence-corrected chi connectivity index (χ3v) is 3.09. The van der Waals surface area contributed by atoms with Gasteiger partial charge in [0.05, 0.1) is 0 Å². The molecule has 0 amide bonds. The smallest absolute Gasteiger partial charge is 0.0276 e. The second-order valence-electron chi connectivity index (χ2n) is 5.39. The van der Waals surface area contributed by atoms with Crippen LogP contribution in [0.4, 0.5) is 0 Å². The van der Waals surface area contributed by atoms with Gasteiger partial charge in [-0.05, 0) is 49.0 Å². The van der Waals surface area contributed by atoms with E-state index in [-0.39, 0.29) is 0 Å². The molecule has 0 bridgehead atoms. The minimum Gasteiger partial charge on any atom is -0.399 e. The average molecular weight is 328 g/mol. The van der Waals surface area contributed by atoms with Crippen molar-refractivity contribution in [1.29, 1.82) is 0 Å². The molecule has 0 saturated carbocycles. The van der Waals surface area contributed by atoms with Gasteiger partial charge in [-0.15, -0.1) is 0 Å². The maximum absolute atomic E-state index is 5.85. The largest absolute Gasteiger partial charge is 0.399 e. The number of nitrogens with two attached hydrogens (primary N) is 1. The highest BCUT2D eigenvalue weighted by molar-refractivity contribution is 5.49. The molecule has 0 atom stereocenters. The fourth-order valence-corrected chi connectivity index (χ4v) is 1.79. The van der Waals surface area contributed by atoms with E-state index in [0.29, 0.717) is 5.92 Å². The van der Waals surface area contributed by atoms with E-state index in [2.05, 4.69) is 70.7 Å². The van der Waals surface area contributed by atoms with Crippen LogP contribution >= 0.6 is 0 Å². The molecule has 0 aliphatic carbocycles. The highest BCUT2D eigenvalue weighted by atomic mass is 14.5. The van der Waals surface area contributed by atoms with Crippen molar-refractivity contribution < 1.29 is 0 Å². The topological polar surface area (TPSA) is 26.0 Å². The van der Waals surface area contributed by atoms with Crippen LogP contribution in [0.25, 0.3) is 0 Å². The summed E-state index contributed by atoms with van der Waals surface area (Å²) in [5.74, 6) is 0.542. The average Bonchev–Trinajstić information content (AvgIpc) is 2.59. The predicted octanol–water partition coefficient (Wildman–Crippen LogP) is 7.04. The summed E-state index contributed by atoms with van der Waals surface area (Å²) in [6, 6.07) is 0. The van der Waals surface area contributed by atoms with Crippen molar-refractivity contribution in [1.82, 2.24) is 0 Å². The van der Waals surface area contributed by atoms with Gasteiger partial charge in [0, 0.05) is 5.70 Å². The van der Waals surface area contributed by atoms with Crippen molar-refractivity contribution >= 4 is 0 Å². The van der Waals surface area contributed by atoms with Crippen molar-refractivity contribution in [3.63, 3.8) is 0 Å². The lowest BCUT2D eigenvalue weighted by atomic mass is 10.0. The van der Waals surface area contributed by atoms with E-state index in [1.807, 2.05) is 39.0 Å². The van der Waals surface area contributed by atoms with Crippen molar-refractivity contribution in [2.24, 2.45) is 11.7 Å². The van der Waals surface area contributed by atoms with Crippen LogP contribution in [0.5, 0.6) is 0 Å². The standard InChI is InChI=1S/C21H31N.C2H6/c1-7-11-20(19(9-3)14-12-17(5)6)15-13-18(8-2)16-21(22)10-4;1-2/h8-17H,2,7,22H2,1,3-6H3;1-2H3/b14-12-,15-13+,18-16+,19-9+,20-11-,21-10+;. The zero-order valence-electron chi connectivity index (χ0n) is 16.8. The Balaban J connectivity index is 0. The maximum atomic E-state index is 5.85. The van der Waals surface area contributed by atoms with Crippen LogP contribution in [-0.2, 0) is 0 Å². The van der Waals surface area contributed by atoms with Gasteiger partial charge in [0.15, 0.2) is 0 Å². The van der Waals surface area contributed by atoms with E-state index in [1.165, 1.54) is 11.1 Å². The molecular formula is C23H37N. The maximum Gasteiger partial charge on any atom is 0.0276 e. The van der Waals surface area contributed by atoms with Gasteiger partial charge in [0.25, 0.3) is 0 Å². The normalized spacial score (nSPS) is 14.3. The van der Waals surface area contributed by atoms with Gasteiger partial charge in [-0.3, -0.25) is 0 Å². The molecule has 0 spiro atoms. The fraction of sp³-hybridized carbons (Fsp3) is 0.391. The highest BCUT2D eigenvalue weighted by Crippen LogP contribution is 2.17. The summed E-state index contributed by atoms with van der Waals surface area (Å²) in [6.45, 7) is 18.4. The summed E-state index contributed by atoms with van der Waals surface area (Å²) in [7, 11) is 0. The SMILES string of the molecule is C=CC(/C=C/C(=C/CC)C(/C=C\C(C)C)=C/C)=C\C(N)=C/C.CC. The summed E-state index contributed by atoms with van der Waals surface area (Å²) in [6.07, 6.45) is 19.6. The Hall–Kier alpha value is -2.02. The van der Waals surface area contributed by atoms with E-state index in [9.17, 15) is 0 Å². The molecule has 2 N–H and O–H groups in total. The third-order valence-electron chi connectivity index (χ3n) is 3.09. The lowest BCUT2D eigenvalue weighted by molar-refractivity contribution is 0.831. The Morgan fingerprint density at radius 1 is 1.00 bits per heavy atom. The molecule has 24 heavy (non-hydrogen) atoms. The Bertz CT molecular complexity index is 520. The fourth-order valence-electron chi connectivity index (χ4n) is 1.79. The highest BCUT2D eigenvalue weighted by Gasteiger charge is 1.98. The predicted molar refractivity (Wildman–Crippen MR) is 113 cm³/mol. The second kappa shape index (κ2) is 15.9. The summed E-state index contributed by atoms with van der Waals surface area (Å²) in [4.78, 5) is 0. The Kier molecular flexibility index (Phi) is 16.0. The first-order valence-corrected chi connectivity index (χ1v) is 8.97. The molecule has 0 aliphatic heterocycles. The number of hydrogen-bond acceptors (Lipinski definition) is 1. The molecule has 0 unspecified atom stereocenters. The van der Waals surface area contributed by atoms with Gasteiger partial charge in [-0.1, -0.05) is 89.8 Å². The molecule has 0 aromatic rings. The van der Waals surface area contributed by atoms with E-state index < -0.39 is 0 Å². The van der Waals surface area contributed by atoms with E-state index >= 15 is 0 Å². The van der Waals surface area contributed by atoms with Gasteiger partial charge in [0.1, 0.15) is 0 Å². The van der Waals surface area contributed by atoms with Crippen LogP contribution in [0.1, 0.15) is 54.9 Å². The van der Waals surface area contributed by atoms with Gasteiger partial charge >= 0.3 is 0 Å². The second-order valence-corrected chi connectivity index (χ2v) is 5.39. The minimum atomic E-state index is 0.542. The molecule has 0 aliphatic rings. The van der Waals surface area contributed by atoms with Crippen LogP contribution < -0.4 is 5.73 Å². The van der Waals surface area contributed by atoms with Crippen molar-refractivity contribution in [3.8, 4) is 0 Å². The molecular weight excluding hydrogens is 290 g/mol. The minimum absolute atomic E-state index is 0.542. The molecule has 0 radical (unpaired) electrons. The van der Waals surface area contributed by atoms with Crippen LogP contribution in [-0.4, -0.2) is 0 Å². The Labute approximate surface area is 150 Å². The van der Waals surface area contributed by atoms with Crippen LogP contribution in [0, 0.1) is 5.92 Å². The first-order valence-electron chi connectivity index (χ1n) is 8.97. The van der Waals surface area contributed by atoms with Gasteiger partial charge in [-0.2, -0.15) is 0 Å². The van der Waals surface area contributed by atoms with Crippen molar-refractivity contribution in [3.05, 3.63) is 83.7 Å². The molecule has 0 aromatic heterocycles. The first kappa shape index (κ1) is 24.2. The molecule has 0 saturated heterocycles. The number of hydrogen-bond donors (Lipinski definition) is 1. The molecule has 0 fully saturated rings. The quantitative estimate of drug-likeness (QED) is 0.475. The zero-order valence-corrected chi connectivity index (χ0v) is 16.8. The Morgan fingerprint density at radius 2 is 1.62 bits per heavy atom. The van der Waals surface area contributed by atoms with Gasteiger partial charge in [-0.25, -0.2) is 0 Å². The summed E-state index contributed by atoms with van der Waals surface area (Å²) < 4.78 is 0. The van der Waals surface area contributed by atoms with Crippen molar-refractivity contribution in [2.45, 2.75) is 54.9 Å². The third kappa shape index (κ3) is 11.5. The summed E-state index contributed by atoms with van der Waals surface area (Å²) in [5, 5.41) is 0. The van der Waals surface area contributed by atoms with Crippen LogP contribution in [0.2, 0.25) is 0 Å². The monoisotopic (exact) mass is 327 g/mol. The zero-order chi connectivity index (χ0) is 19.0. The lowest BCUT2D eigenvalue weighted by Crippen LogP contribution is -1.92. The lowest BCUT2D eigenvalue weighted by Gasteiger charge is -2.05. The van der Waals surface area contributed by atoms with Crippen LogP contribution in [0.3, 0.4) is 0 Å². The molecule has 0 heterocycles. The number of allylic oxidation sites excluding steroid dienone is 12. The van der Waals surface area contributed by atoms with Gasteiger partial charge in [0.2, 0.25) is 0 Å². The summed E-state index contributed by atoms with van der Waals surface area (Å²) in [5.41, 5.74) is 10.0. The molecule has 1 heteroatoms. The van der Waals surface area contributed by atoms with E-state index in [1.54, 1.807) is 0 Å². The summed E-state index contributed by atoms with van der Waals surface area (Å²) >= 11 is 0. The van der Waals surface area contributed by atoms with E-state index in [4.69, 9.17) is 5.73 Å². The molecule has 1 nitrogen and oxygen atoms in total. The van der Waals surface area contributed by atoms with Crippen molar-refractivity contribution in [2.75, 3.05) is 0 Å².